The second-order valence-corrected chi connectivity index (χ2v) is 7.95. The minimum Gasteiger partial charge on any atom is -0.496 e. The van der Waals surface area contributed by atoms with Crippen molar-refractivity contribution in [2.45, 2.75) is 6.54 Å². The molecule has 0 spiro atoms. The quantitative estimate of drug-likeness (QED) is 0.354. The van der Waals surface area contributed by atoms with Gasteiger partial charge in [-0.2, -0.15) is 0 Å². The number of nitrogens with zero attached hydrogens (tertiary/aromatic N) is 2. The molecule has 7 heteroatoms. The molecule has 5 rings (SSSR count). The molecule has 0 fully saturated rings. The molecule has 5 nitrogen and oxygen atoms in total. The number of anilines is 1. The van der Waals surface area contributed by atoms with Crippen molar-refractivity contribution in [1.29, 1.82) is 0 Å². The molecule has 2 heterocycles. The summed E-state index contributed by atoms with van der Waals surface area (Å²) >= 11 is 6.09. The van der Waals surface area contributed by atoms with Crippen LogP contribution in [0.25, 0.3) is 32.9 Å². The number of rotatable bonds is 4. The summed E-state index contributed by atoms with van der Waals surface area (Å²) in [6, 6.07) is 17.5. The average Bonchev–Trinajstić information content (AvgIpc) is 3.09. The Morgan fingerprint density at radius 2 is 1.91 bits per heavy atom. The molecule has 0 bridgehead atoms. The highest BCUT2D eigenvalue weighted by Crippen LogP contribution is 2.41. The van der Waals surface area contributed by atoms with E-state index in [-0.39, 0.29) is 5.88 Å². The highest BCUT2D eigenvalue weighted by molar-refractivity contribution is 6.30. The van der Waals surface area contributed by atoms with Gasteiger partial charge in [-0.25, -0.2) is 9.37 Å². The van der Waals surface area contributed by atoms with Crippen LogP contribution in [-0.4, -0.2) is 21.8 Å². The van der Waals surface area contributed by atoms with Crippen molar-refractivity contribution in [3.05, 3.63) is 83.3 Å². The van der Waals surface area contributed by atoms with Gasteiger partial charge in [-0.15, -0.1) is 0 Å². The Bertz CT molecular complexity index is 1500. The molecular weight excluding hydrogens is 429 g/mol. The van der Waals surface area contributed by atoms with Crippen LogP contribution in [0.1, 0.15) is 5.56 Å². The summed E-state index contributed by atoms with van der Waals surface area (Å²) in [4.78, 5) is 4.76. The molecule has 0 aliphatic carbocycles. The number of ether oxygens (including phenoxy) is 1. The van der Waals surface area contributed by atoms with Crippen molar-refractivity contribution in [2.24, 2.45) is 0 Å². The maximum absolute atomic E-state index is 14.8. The first-order valence-corrected chi connectivity index (χ1v) is 10.3. The van der Waals surface area contributed by atoms with Crippen LogP contribution < -0.4 is 10.5 Å². The number of pyridine rings is 1. The fourth-order valence-corrected chi connectivity index (χ4v) is 4.31. The molecule has 32 heavy (non-hydrogen) atoms. The number of aromatic hydroxyl groups is 1. The van der Waals surface area contributed by atoms with Gasteiger partial charge in [0, 0.05) is 22.2 Å². The van der Waals surface area contributed by atoms with Crippen LogP contribution in [0.5, 0.6) is 11.6 Å². The Labute approximate surface area is 188 Å². The monoisotopic (exact) mass is 447 g/mol. The number of nitrogens with two attached hydrogens (primary N) is 1. The second-order valence-electron chi connectivity index (χ2n) is 7.52. The molecule has 0 atom stereocenters. The molecule has 5 aromatic rings. The number of benzene rings is 3. The van der Waals surface area contributed by atoms with Crippen LogP contribution in [0.15, 0.2) is 66.9 Å². The van der Waals surface area contributed by atoms with Gasteiger partial charge in [0.1, 0.15) is 11.6 Å². The normalized spacial score (nSPS) is 11.3. The lowest BCUT2D eigenvalue weighted by atomic mass is 9.99. The minimum absolute atomic E-state index is 0.0146. The Balaban J connectivity index is 1.74. The van der Waals surface area contributed by atoms with E-state index in [0.717, 1.165) is 5.56 Å². The summed E-state index contributed by atoms with van der Waals surface area (Å²) in [5.74, 6) is -0.00113. The Hall–Kier alpha value is -3.77. The second kappa shape index (κ2) is 7.73. The van der Waals surface area contributed by atoms with E-state index in [0.29, 0.717) is 55.9 Å². The van der Waals surface area contributed by atoms with Crippen LogP contribution >= 0.6 is 11.6 Å². The zero-order valence-corrected chi connectivity index (χ0v) is 17.9. The lowest BCUT2D eigenvalue weighted by Gasteiger charge is -2.13. The summed E-state index contributed by atoms with van der Waals surface area (Å²) < 4.78 is 21.9. The third kappa shape index (κ3) is 3.20. The van der Waals surface area contributed by atoms with Gasteiger partial charge in [-0.3, -0.25) is 0 Å². The SMILES string of the molecule is COc1cccc(F)c1-c1cccc2c(N)c3c(O)n(Cc4cccc(Cl)c4)cc3nc12. The number of hydrogen-bond acceptors (Lipinski definition) is 4. The van der Waals surface area contributed by atoms with Crippen molar-refractivity contribution in [2.75, 3.05) is 12.8 Å². The zero-order chi connectivity index (χ0) is 22.4. The molecule has 0 saturated carbocycles. The lowest BCUT2D eigenvalue weighted by Crippen LogP contribution is -1.97. The predicted octanol–water partition coefficient (Wildman–Crippen LogP) is 5.99. The van der Waals surface area contributed by atoms with Gasteiger partial charge in [0.2, 0.25) is 5.88 Å². The lowest BCUT2D eigenvalue weighted by molar-refractivity contribution is 0.413. The molecule has 3 N–H and O–H groups in total. The Kier molecular flexibility index (Phi) is 4.87. The van der Waals surface area contributed by atoms with Gasteiger partial charge in [-0.1, -0.05) is 48.0 Å². The number of aromatic nitrogens is 2. The molecule has 0 aliphatic rings. The topological polar surface area (TPSA) is 73.3 Å². The van der Waals surface area contributed by atoms with E-state index >= 15 is 0 Å². The molecule has 0 aliphatic heterocycles. The maximum atomic E-state index is 14.8. The molecule has 0 saturated heterocycles. The molecule has 0 radical (unpaired) electrons. The number of para-hydroxylation sites is 1. The largest absolute Gasteiger partial charge is 0.496 e. The smallest absolute Gasteiger partial charge is 0.203 e. The van der Waals surface area contributed by atoms with Gasteiger partial charge in [0.05, 0.1) is 41.3 Å². The van der Waals surface area contributed by atoms with E-state index in [1.807, 2.05) is 24.3 Å². The zero-order valence-electron chi connectivity index (χ0n) is 17.1. The average molecular weight is 448 g/mol. The molecule has 0 amide bonds. The molecule has 0 unspecified atom stereocenters. The van der Waals surface area contributed by atoms with Crippen LogP contribution in [-0.2, 0) is 6.54 Å². The first kappa shape index (κ1) is 20.2. The summed E-state index contributed by atoms with van der Waals surface area (Å²) in [5.41, 5.74) is 9.70. The van der Waals surface area contributed by atoms with E-state index in [4.69, 9.17) is 27.1 Å². The number of hydrogen-bond donors (Lipinski definition) is 2. The van der Waals surface area contributed by atoms with E-state index in [1.165, 1.54) is 13.2 Å². The number of methoxy groups -OCH3 is 1. The van der Waals surface area contributed by atoms with Gasteiger partial charge >= 0.3 is 0 Å². The van der Waals surface area contributed by atoms with E-state index < -0.39 is 5.82 Å². The third-order valence-corrected chi connectivity index (χ3v) is 5.80. The summed E-state index contributed by atoms with van der Waals surface area (Å²) in [7, 11) is 1.50. The highest BCUT2D eigenvalue weighted by Gasteiger charge is 2.20. The van der Waals surface area contributed by atoms with Gasteiger partial charge in [0.25, 0.3) is 0 Å². The first-order chi connectivity index (χ1) is 15.5. The van der Waals surface area contributed by atoms with Crippen LogP contribution in [0.3, 0.4) is 0 Å². The van der Waals surface area contributed by atoms with Crippen molar-refractivity contribution >= 4 is 39.1 Å². The molecule has 3 aromatic carbocycles. The fourth-order valence-electron chi connectivity index (χ4n) is 4.10. The van der Waals surface area contributed by atoms with E-state index in [9.17, 15) is 9.50 Å². The minimum atomic E-state index is -0.418. The van der Waals surface area contributed by atoms with Crippen LogP contribution in [0.2, 0.25) is 5.02 Å². The Morgan fingerprint density at radius 3 is 2.69 bits per heavy atom. The summed E-state index contributed by atoms with van der Waals surface area (Å²) in [6.45, 7) is 0.395. The first-order valence-electron chi connectivity index (χ1n) is 9.95. The summed E-state index contributed by atoms with van der Waals surface area (Å²) in [5, 5.41) is 12.6. The molecular formula is C25H19ClFN3O2. The van der Waals surface area contributed by atoms with Gasteiger partial charge in [0.15, 0.2) is 0 Å². The van der Waals surface area contributed by atoms with Crippen molar-refractivity contribution in [1.82, 2.24) is 9.55 Å². The highest BCUT2D eigenvalue weighted by atomic mass is 35.5. The number of fused-ring (bicyclic) bond motifs is 2. The van der Waals surface area contributed by atoms with Gasteiger partial charge < -0.3 is 20.1 Å². The molecule has 2 aromatic heterocycles. The van der Waals surface area contributed by atoms with Crippen molar-refractivity contribution < 1.29 is 14.2 Å². The number of nitrogen functional groups attached to an aromatic ring is 1. The number of halogens is 2. The predicted molar refractivity (Wildman–Crippen MR) is 126 cm³/mol. The standard InChI is InChI=1S/C25H19ClFN3O2/c1-32-20-10-4-9-18(27)21(20)16-7-3-8-17-23(28)22-19(29-24(16)17)13-30(25(22)31)12-14-5-2-6-15(26)11-14/h2-11,13,31H,12,28H2,1H3. The Morgan fingerprint density at radius 1 is 1.12 bits per heavy atom. The molecule has 160 valence electrons. The van der Waals surface area contributed by atoms with Crippen LogP contribution in [0, 0.1) is 5.82 Å². The van der Waals surface area contributed by atoms with E-state index in [1.54, 1.807) is 41.1 Å². The van der Waals surface area contributed by atoms with Crippen LogP contribution in [0.4, 0.5) is 10.1 Å². The van der Waals surface area contributed by atoms with Crippen molar-refractivity contribution in [3.8, 4) is 22.8 Å². The van der Waals surface area contributed by atoms with E-state index in [2.05, 4.69) is 0 Å². The fraction of sp³-hybridized carbons (Fsp3) is 0.0800. The third-order valence-electron chi connectivity index (χ3n) is 5.56. The summed E-state index contributed by atoms with van der Waals surface area (Å²) in [6.07, 6.45) is 1.73. The maximum Gasteiger partial charge on any atom is 0.203 e. The van der Waals surface area contributed by atoms with Gasteiger partial charge in [-0.05, 0) is 29.8 Å². The van der Waals surface area contributed by atoms with Crippen molar-refractivity contribution in [3.63, 3.8) is 0 Å².